The van der Waals surface area contributed by atoms with Crippen LogP contribution in [0.5, 0.6) is 0 Å². The zero-order valence-electron chi connectivity index (χ0n) is 12.3. The Hall–Kier alpha value is -2.19. The van der Waals surface area contributed by atoms with E-state index >= 15 is 0 Å². The fraction of sp³-hybridized carbons (Fsp3) is 0.250. The summed E-state index contributed by atoms with van der Waals surface area (Å²) >= 11 is 0. The summed E-state index contributed by atoms with van der Waals surface area (Å²) in [5, 5.41) is 0. The average Bonchev–Trinajstić information content (AvgIpc) is 2.58. The number of carbonyl (C=O) groups excluding carboxylic acids is 1. The lowest BCUT2D eigenvalue weighted by atomic mass is 9.66. The van der Waals surface area contributed by atoms with Crippen LogP contribution >= 0.6 is 0 Å². The van der Waals surface area contributed by atoms with Crippen molar-refractivity contribution in [2.24, 2.45) is 5.92 Å². The largest absolute Gasteiger partial charge is 0.357 e. The van der Waals surface area contributed by atoms with Crippen molar-refractivity contribution in [1.29, 1.82) is 0 Å². The van der Waals surface area contributed by atoms with Crippen molar-refractivity contribution >= 4 is 5.78 Å². The molecule has 2 aliphatic rings. The van der Waals surface area contributed by atoms with Crippen molar-refractivity contribution in [3.63, 3.8) is 0 Å². The number of benzene rings is 2. The first-order valence-electron chi connectivity index (χ1n) is 7.82. The maximum atomic E-state index is 13.2. The highest BCUT2D eigenvalue weighted by atomic mass is 16.5. The Labute approximate surface area is 130 Å². The molecular weight excluding hydrogens is 272 g/mol. The molecule has 4 rings (SSSR count). The number of hydrogen-bond acceptors (Lipinski definition) is 2. The molecule has 2 nitrogen and oxygen atoms in total. The van der Waals surface area contributed by atoms with Crippen LogP contribution in [-0.2, 0) is 10.3 Å². The van der Waals surface area contributed by atoms with Crippen LogP contribution in [0.3, 0.4) is 0 Å². The lowest BCUT2D eigenvalue weighted by molar-refractivity contribution is -0.224. The number of rotatable bonds is 3. The second-order valence-electron chi connectivity index (χ2n) is 5.98. The van der Waals surface area contributed by atoms with Gasteiger partial charge in [-0.2, -0.15) is 0 Å². The molecule has 3 unspecified atom stereocenters. The molecule has 1 fully saturated rings. The fourth-order valence-electron chi connectivity index (χ4n) is 3.67. The van der Waals surface area contributed by atoms with Gasteiger partial charge in [-0.3, -0.25) is 4.79 Å². The van der Waals surface area contributed by atoms with Crippen molar-refractivity contribution in [2.45, 2.75) is 24.5 Å². The number of fused-ring (bicyclic) bond motifs is 1. The first-order chi connectivity index (χ1) is 10.8. The van der Waals surface area contributed by atoms with Crippen LogP contribution in [0.2, 0.25) is 0 Å². The highest BCUT2D eigenvalue weighted by molar-refractivity contribution is 6.04. The van der Waals surface area contributed by atoms with Crippen LogP contribution in [0.15, 0.2) is 72.8 Å². The number of carbonyl (C=O) groups is 1. The summed E-state index contributed by atoms with van der Waals surface area (Å²) < 4.78 is 6.23. The minimum absolute atomic E-state index is 0.0621. The highest BCUT2D eigenvalue weighted by Gasteiger charge is 2.60. The first kappa shape index (κ1) is 13.5. The van der Waals surface area contributed by atoms with Gasteiger partial charge in [0.1, 0.15) is 0 Å². The fourth-order valence-corrected chi connectivity index (χ4v) is 3.67. The monoisotopic (exact) mass is 290 g/mol. The lowest BCUT2D eigenvalue weighted by Crippen LogP contribution is -2.62. The van der Waals surface area contributed by atoms with Crippen LogP contribution in [0.4, 0.5) is 0 Å². The van der Waals surface area contributed by atoms with Crippen molar-refractivity contribution in [2.75, 3.05) is 0 Å². The number of ketones is 1. The van der Waals surface area contributed by atoms with E-state index in [1.807, 2.05) is 60.7 Å². The molecule has 2 heteroatoms. The van der Waals surface area contributed by atoms with Gasteiger partial charge in [0.25, 0.3) is 0 Å². The average molecular weight is 290 g/mol. The second kappa shape index (κ2) is 5.22. The third-order valence-electron chi connectivity index (χ3n) is 4.74. The van der Waals surface area contributed by atoms with Gasteiger partial charge in [0.15, 0.2) is 11.4 Å². The zero-order chi connectivity index (χ0) is 15.0. The van der Waals surface area contributed by atoms with E-state index in [2.05, 4.69) is 12.2 Å². The van der Waals surface area contributed by atoms with Gasteiger partial charge in [0.05, 0.1) is 6.10 Å². The standard InChI is InChI=1S/C20H18O2/c21-19(15-9-3-1-4-10-15)20(16-11-5-2-6-12-16)17-13-7-8-14-18(17)22-20/h1-7,9-13,17-18H,8,14H2. The predicted octanol–water partition coefficient (Wildman–Crippen LogP) is 4.13. The zero-order valence-corrected chi connectivity index (χ0v) is 12.3. The van der Waals surface area contributed by atoms with Gasteiger partial charge in [-0.15, -0.1) is 0 Å². The minimum atomic E-state index is -0.857. The van der Waals surface area contributed by atoms with Crippen LogP contribution < -0.4 is 0 Å². The van der Waals surface area contributed by atoms with Gasteiger partial charge in [-0.05, 0) is 18.4 Å². The van der Waals surface area contributed by atoms with Gasteiger partial charge in [0, 0.05) is 11.5 Å². The molecule has 0 radical (unpaired) electrons. The molecule has 0 N–H and O–H groups in total. The smallest absolute Gasteiger partial charge is 0.199 e. The Balaban J connectivity index is 1.82. The number of ether oxygens (including phenoxy) is 1. The molecule has 22 heavy (non-hydrogen) atoms. The molecule has 110 valence electrons. The van der Waals surface area contributed by atoms with Crippen molar-refractivity contribution in [1.82, 2.24) is 0 Å². The van der Waals surface area contributed by atoms with Crippen LogP contribution in [0.1, 0.15) is 28.8 Å². The van der Waals surface area contributed by atoms with E-state index in [0.29, 0.717) is 5.56 Å². The van der Waals surface area contributed by atoms with Gasteiger partial charge in [0.2, 0.25) is 0 Å². The summed E-state index contributed by atoms with van der Waals surface area (Å²) in [6.07, 6.45) is 6.55. The van der Waals surface area contributed by atoms with Crippen molar-refractivity contribution < 1.29 is 9.53 Å². The number of allylic oxidation sites excluding steroid dienone is 1. The molecule has 0 spiro atoms. The summed E-state index contributed by atoms with van der Waals surface area (Å²) in [4.78, 5) is 13.2. The second-order valence-corrected chi connectivity index (χ2v) is 5.98. The number of Topliss-reactive ketones (excluding diaryl/α,β-unsaturated/α-hetero) is 1. The molecule has 0 saturated carbocycles. The van der Waals surface area contributed by atoms with Gasteiger partial charge < -0.3 is 4.74 Å². The Morgan fingerprint density at radius 2 is 1.68 bits per heavy atom. The molecule has 1 heterocycles. The topological polar surface area (TPSA) is 26.3 Å². The summed E-state index contributed by atoms with van der Waals surface area (Å²) in [6, 6.07) is 19.4. The minimum Gasteiger partial charge on any atom is -0.357 e. The molecule has 2 aromatic rings. The van der Waals surface area contributed by atoms with E-state index in [1.54, 1.807) is 0 Å². The van der Waals surface area contributed by atoms with Crippen molar-refractivity contribution in [3.05, 3.63) is 83.9 Å². The summed E-state index contributed by atoms with van der Waals surface area (Å²) in [5.41, 5.74) is 0.810. The van der Waals surface area contributed by atoms with Gasteiger partial charge >= 0.3 is 0 Å². The molecule has 1 saturated heterocycles. The van der Waals surface area contributed by atoms with Crippen molar-refractivity contribution in [3.8, 4) is 0 Å². The molecule has 1 aliphatic heterocycles. The van der Waals surface area contributed by atoms with Gasteiger partial charge in [-0.25, -0.2) is 0 Å². The van der Waals surface area contributed by atoms with Crippen LogP contribution in [-0.4, -0.2) is 11.9 Å². The van der Waals surface area contributed by atoms with E-state index in [1.165, 1.54) is 0 Å². The normalized spacial score (nSPS) is 29.5. The third kappa shape index (κ3) is 1.87. The Morgan fingerprint density at radius 1 is 1.00 bits per heavy atom. The molecule has 0 aromatic heterocycles. The molecular formula is C20H18O2. The summed E-state index contributed by atoms with van der Waals surface area (Å²) in [7, 11) is 0. The molecule has 0 amide bonds. The van der Waals surface area contributed by atoms with E-state index in [4.69, 9.17) is 4.74 Å². The Morgan fingerprint density at radius 3 is 2.36 bits per heavy atom. The van der Waals surface area contributed by atoms with Gasteiger partial charge in [-0.1, -0.05) is 72.8 Å². The quantitative estimate of drug-likeness (QED) is 0.627. The van der Waals surface area contributed by atoms with E-state index in [9.17, 15) is 4.79 Å². The van der Waals surface area contributed by atoms with Crippen LogP contribution in [0, 0.1) is 5.92 Å². The maximum Gasteiger partial charge on any atom is 0.199 e. The summed E-state index contributed by atoms with van der Waals surface area (Å²) in [6.45, 7) is 0. The molecule has 0 bridgehead atoms. The third-order valence-corrected chi connectivity index (χ3v) is 4.74. The van der Waals surface area contributed by atoms with E-state index in [-0.39, 0.29) is 17.8 Å². The number of hydrogen-bond donors (Lipinski definition) is 0. The lowest BCUT2D eigenvalue weighted by Gasteiger charge is -2.54. The maximum absolute atomic E-state index is 13.2. The predicted molar refractivity (Wildman–Crippen MR) is 85.6 cm³/mol. The summed E-state index contributed by atoms with van der Waals surface area (Å²) in [5.74, 6) is 0.198. The SMILES string of the molecule is O=C(c1ccccc1)C1(c2ccccc2)OC2CCC=CC21. The Kier molecular flexibility index (Phi) is 3.20. The van der Waals surface area contributed by atoms with E-state index in [0.717, 1.165) is 18.4 Å². The molecule has 2 aromatic carbocycles. The highest BCUT2D eigenvalue weighted by Crippen LogP contribution is 2.52. The van der Waals surface area contributed by atoms with Crippen LogP contribution in [0.25, 0.3) is 0 Å². The Bertz CT molecular complexity index is 705. The molecule has 3 atom stereocenters. The molecule has 1 aliphatic carbocycles. The first-order valence-corrected chi connectivity index (χ1v) is 7.82. The van der Waals surface area contributed by atoms with E-state index < -0.39 is 5.60 Å².